The van der Waals surface area contributed by atoms with Crippen molar-refractivity contribution in [2.75, 3.05) is 13.7 Å². The molecule has 0 bridgehead atoms. The second-order valence-corrected chi connectivity index (χ2v) is 5.39. The van der Waals surface area contributed by atoms with E-state index in [2.05, 4.69) is 10.3 Å². The number of thiophene rings is 1. The number of nitrogens with one attached hydrogen (secondary N) is 1. The van der Waals surface area contributed by atoms with E-state index in [1.165, 1.54) is 29.3 Å². The smallest absolute Gasteiger partial charge is 0.334 e. The maximum atomic E-state index is 12.1. The highest BCUT2D eigenvalue weighted by molar-refractivity contribution is 7.16. The summed E-state index contributed by atoms with van der Waals surface area (Å²) in [7, 11) is 1.26. The van der Waals surface area contributed by atoms with Gasteiger partial charge in [-0.05, 0) is 11.4 Å². The van der Waals surface area contributed by atoms with Crippen molar-refractivity contribution in [3.63, 3.8) is 0 Å². The summed E-state index contributed by atoms with van der Waals surface area (Å²) < 4.78 is 6.07. The number of carbonyl (C=O) groups is 2. The summed E-state index contributed by atoms with van der Waals surface area (Å²) in [5.74, 6) is -1.51. The molecule has 0 fully saturated rings. The molecule has 0 aliphatic carbocycles. The van der Waals surface area contributed by atoms with Crippen molar-refractivity contribution >= 4 is 33.4 Å². The van der Waals surface area contributed by atoms with Crippen LogP contribution in [0.3, 0.4) is 0 Å². The van der Waals surface area contributed by atoms with Gasteiger partial charge < -0.3 is 15.2 Å². The van der Waals surface area contributed by atoms with Gasteiger partial charge in [0.1, 0.15) is 4.83 Å². The molecule has 8 nitrogen and oxygen atoms in total. The molecule has 2 aromatic heterocycles. The Morgan fingerprint density at radius 2 is 2.32 bits per heavy atom. The van der Waals surface area contributed by atoms with E-state index in [1.54, 1.807) is 11.4 Å². The molecule has 1 atom stereocenters. The molecule has 2 aromatic rings. The Kier molecular flexibility index (Phi) is 5.23. The van der Waals surface area contributed by atoms with Crippen molar-refractivity contribution in [1.82, 2.24) is 14.9 Å². The van der Waals surface area contributed by atoms with E-state index >= 15 is 0 Å². The molecule has 0 aliphatic heterocycles. The average Bonchev–Trinajstić information content (AvgIpc) is 2.96. The third-order valence-electron chi connectivity index (χ3n) is 3.07. The van der Waals surface area contributed by atoms with Crippen molar-refractivity contribution in [2.24, 2.45) is 0 Å². The van der Waals surface area contributed by atoms with Crippen LogP contribution in [0.1, 0.15) is 6.42 Å². The number of fused-ring (bicyclic) bond motifs is 1. The van der Waals surface area contributed by atoms with Gasteiger partial charge in [-0.25, -0.2) is 9.78 Å². The number of ether oxygens (including phenoxy) is 1. The van der Waals surface area contributed by atoms with E-state index in [0.29, 0.717) is 10.2 Å². The Bertz CT molecular complexity index is 739. The Morgan fingerprint density at radius 3 is 3.00 bits per heavy atom. The summed E-state index contributed by atoms with van der Waals surface area (Å²) in [5.41, 5.74) is -0.195. The van der Waals surface area contributed by atoms with Gasteiger partial charge in [0.2, 0.25) is 5.91 Å². The summed E-state index contributed by atoms with van der Waals surface area (Å²) in [4.78, 5) is 39.3. The molecule has 0 radical (unpaired) electrons. The second-order valence-electron chi connectivity index (χ2n) is 4.50. The SMILES string of the molecule is COC(CNC(=O)CCn1cnc2sccc2c1=O)C(=O)O. The summed E-state index contributed by atoms with van der Waals surface area (Å²) >= 11 is 1.38. The van der Waals surface area contributed by atoms with Gasteiger partial charge in [0.25, 0.3) is 5.56 Å². The highest BCUT2D eigenvalue weighted by Crippen LogP contribution is 2.13. The van der Waals surface area contributed by atoms with Gasteiger partial charge in [-0.1, -0.05) is 0 Å². The first kappa shape index (κ1) is 16.1. The van der Waals surface area contributed by atoms with Gasteiger partial charge in [-0.15, -0.1) is 11.3 Å². The molecule has 0 saturated carbocycles. The fourth-order valence-corrected chi connectivity index (χ4v) is 2.56. The number of carbonyl (C=O) groups excluding carboxylic acids is 1. The lowest BCUT2D eigenvalue weighted by atomic mass is 10.3. The summed E-state index contributed by atoms with van der Waals surface area (Å²) in [6.45, 7) is 0.0511. The predicted molar refractivity (Wildman–Crippen MR) is 79.9 cm³/mol. The van der Waals surface area contributed by atoms with E-state index in [-0.39, 0.29) is 31.0 Å². The molecule has 0 saturated heterocycles. The van der Waals surface area contributed by atoms with Gasteiger partial charge >= 0.3 is 5.97 Å². The number of methoxy groups -OCH3 is 1. The molecule has 0 aliphatic rings. The quantitative estimate of drug-likeness (QED) is 0.745. The van der Waals surface area contributed by atoms with Crippen molar-refractivity contribution in [3.8, 4) is 0 Å². The van der Waals surface area contributed by atoms with Crippen LogP contribution in [-0.4, -0.2) is 46.3 Å². The molecule has 22 heavy (non-hydrogen) atoms. The Morgan fingerprint density at radius 1 is 1.55 bits per heavy atom. The standard InChI is InChI=1S/C13H15N3O5S/c1-21-9(13(19)20)6-14-10(17)2-4-16-7-15-11-8(12(16)18)3-5-22-11/h3,5,7,9H,2,4,6H2,1H3,(H,14,17)(H,19,20). The third kappa shape index (κ3) is 3.68. The third-order valence-corrected chi connectivity index (χ3v) is 3.90. The minimum atomic E-state index is -1.15. The molecule has 9 heteroatoms. The van der Waals surface area contributed by atoms with Crippen LogP contribution < -0.4 is 10.9 Å². The fraction of sp³-hybridized carbons (Fsp3) is 0.385. The van der Waals surface area contributed by atoms with Gasteiger partial charge in [0.05, 0.1) is 18.3 Å². The lowest BCUT2D eigenvalue weighted by Crippen LogP contribution is -2.38. The highest BCUT2D eigenvalue weighted by Gasteiger charge is 2.17. The number of rotatable bonds is 7. The molecule has 0 aromatic carbocycles. The van der Waals surface area contributed by atoms with Crippen molar-refractivity contribution in [2.45, 2.75) is 19.1 Å². The van der Waals surface area contributed by atoms with E-state index < -0.39 is 12.1 Å². The number of aliphatic carboxylic acids is 1. The van der Waals surface area contributed by atoms with Crippen LogP contribution in [0.2, 0.25) is 0 Å². The average molecular weight is 325 g/mol. The first-order valence-electron chi connectivity index (χ1n) is 6.48. The van der Waals surface area contributed by atoms with Crippen molar-refractivity contribution < 1.29 is 19.4 Å². The zero-order chi connectivity index (χ0) is 16.1. The van der Waals surface area contributed by atoms with Gasteiger partial charge in [0, 0.05) is 20.1 Å². The van der Waals surface area contributed by atoms with Crippen LogP contribution in [0.5, 0.6) is 0 Å². The molecule has 0 spiro atoms. The first-order chi connectivity index (χ1) is 10.5. The van der Waals surface area contributed by atoms with Gasteiger partial charge in [-0.2, -0.15) is 0 Å². The molecule has 2 N–H and O–H groups in total. The normalized spacial score (nSPS) is 12.2. The zero-order valence-electron chi connectivity index (χ0n) is 11.8. The number of hydrogen-bond acceptors (Lipinski definition) is 6. The summed E-state index contributed by atoms with van der Waals surface area (Å²) in [5, 5.41) is 13.6. The Labute approximate surface area is 129 Å². The predicted octanol–water partition coefficient (Wildman–Crippen LogP) is 0.0639. The maximum absolute atomic E-state index is 12.1. The molecule has 1 unspecified atom stereocenters. The molecule has 1 amide bonds. The van der Waals surface area contributed by atoms with Crippen LogP contribution in [0.15, 0.2) is 22.6 Å². The molecule has 118 valence electrons. The first-order valence-corrected chi connectivity index (χ1v) is 7.36. The topological polar surface area (TPSA) is 111 Å². The van der Waals surface area contributed by atoms with Crippen molar-refractivity contribution in [1.29, 1.82) is 0 Å². The lowest BCUT2D eigenvalue weighted by molar-refractivity contribution is -0.148. The molecular formula is C13H15N3O5S. The number of amides is 1. The Hall–Kier alpha value is -2.26. The summed E-state index contributed by atoms with van der Waals surface area (Å²) in [6, 6.07) is 1.70. The largest absolute Gasteiger partial charge is 0.479 e. The van der Waals surface area contributed by atoms with Gasteiger partial charge in [0.15, 0.2) is 6.10 Å². The van der Waals surface area contributed by atoms with Crippen LogP contribution in [0, 0.1) is 0 Å². The second kappa shape index (κ2) is 7.14. The lowest BCUT2D eigenvalue weighted by Gasteiger charge is -2.11. The monoisotopic (exact) mass is 325 g/mol. The Balaban J connectivity index is 1.91. The maximum Gasteiger partial charge on any atom is 0.334 e. The zero-order valence-corrected chi connectivity index (χ0v) is 12.6. The fourth-order valence-electron chi connectivity index (χ4n) is 1.84. The minimum absolute atomic E-state index is 0.0489. The van der Waals surface area contributed by atoms with Gasteiger partial charge in [-0.3, -0.25) is 14.2 Å². The number of hydrogen-bond donors (Lipinski definition) is 2. The number of carboxylic acid groups (broad SMARTS) is 1. The number of carboxylic acids is 1. The van der Waals surface area contributed by atoms with E-state index in [1.807, 2.05) is 0 Å². The summed E-state index contributed by atoms with van der Waals surface area (Å²) in [6.07, 6.45) is 0.368. The van der Waals surface area contributed by atoms with Crippen LogP contribution in [0.4, 0.5) is 0 Å². The number of aromatic nitrogens is 2. The number of nitrogens with zero attached hydrogens (tertiary/aromatic N) is 2. The molecular weight excluding hydrogens is 310 g/mol. The van der Waals surface area contributed by atoms with Crippen LogP contribution in [-0.2, 0) is 20.9 Å². The number of aryl methyl sites for hydroxylation is 1. The minimum Gasteiger partial charge on any atom is -0.479 e. The highest BCUT2D eigenvalue weighted by atomic mass is 32.1. The van der Waals surface area contributed by atoms with Crippen LogP contribution >= 0.6 is 11.3 Å². The van der Waals surface area contributed by atoms with E-state index in [9.17, 15) is 14.4 Å². The van der Waals surface area contributed by atoms with E-state index in [4.69, 9.17) is 9.84 Å². The van der Waals surface area contributed by atoms with Crippen molar-refractivity contribution in [3.05, 3.63) is 28.1 Å². The molecule has 2 heterocycles. The molecule has 2 rings (SSSR count). The van der Waals surface area contributed by atoms with E-state index in [0.717, 1.165) is 0 Å². The van der Waals surface area contributed by atoms with Crippen LogP contribution in [0.25, 0.3) is 10.2 Å².